The van der Waals surface area contributed by atoms with Gasteiger partial charge >= 0.3 is 0 Å². The molecular weight excluding hydrogens is 264 g/mol. The Labute approximate surface area is 117 Å². The van der Waals surface area contributed by atoms with Crippen LogP contribution >= 0.6 is 12.4 Å². The Morgan fingerprint density at radius 3 is 2.37 bits per heavy atom. The van der Waals surface area contributed by atoms with E-state index in [1.165, 1.54) is 6.92 Å². The topological polar surface area (TPSA) is 59.1 Å². The molecule has 0 atom stereocenters. The van der Waals surface area contributed by atoms with Crippen LogP contribution in [0, 0.1) is 0 Å². The lowest BCUT2D eigenvalue weighted by molar-refractivity contribution is 0.101. The van der Waals surface area contributed by atoms with Gasteiger partial charge in [0.1, 0.15) is 0 Å². The number of aromatic nitrogens is 1. The molecule has 2 aromatic rings. The lowest BCUT2D eigenvalue weighted by Crippen LogP contribution is -2.12. The van der Waals surface area contributed by atoms with Crippen LogP contribution in [0.1, 0.15) is 27.6 Å². The Morgan fingerprint density at radius 2 is 1.74 bits per heavy atom. The zero-order valence-corrected chi connectivity index (χ0v) is 11.1. The van der Waals surface area contributed by atoms with Crippen molar-refractivity contribution in [2.24, 2.45) is 0 Å². The monoisotopic (exact) mass is 276 g/mol. The van der Waals surface area contributed by atoms with Crippen LogP contribution in [-0.4, -0.2) is 16.7 Å². The minimum Gasteiger partial charge on any atom is -0.322 e. The van der Waals surface area contributed by atoms with Gasteiger partial charge in [0.25, 0.3) is 5.91 Å². The number of rotatable bonds is 3. The Hall–Kier alpha value is -2.20. The first-order valence-electron chi connectivity index (χ1n) is 5.49. The molecule has 0 fully saturated rings. The summed E-state index contributed by atoms with van der Waals surface area (Å²) in [5.41, 5.74) is 1.70. The molecule has 1 aromatic carbocycles. The molecule has 0 bridgehead atoms. The molecule has 4 nitrogen and oxygen atoms in total. The van der Waals surface area contributed by atoms with Gasteiger partial charge < -0.3 is 5.32 Å². The van der Waals surface area contributed by atoms with E-state index in [1.54, 1.807) is 48.8 Å². The summed E-state index contributed by atoms with van der Waals surface area (Å²) in [6.07, 6.45) is 3.11. The fraction of sp³-hybridized carbons (Fsp3) is 0.0714. The zero-order chi connectivity index (χ0) is 13.0. The quantitative estimate of drug-likeness (QED) is 0.877. The Bertz CT molecular complexity index is 585. The standard InChI is InChI=1S/C14H12N2O2.ClH/c1-10(17)12-3-2-4-13(9-12)16-14(18)11-5-7-15-8-6-11;/h2-9H,1H3,(H,16,18);1H. The SMILES string of the molecule is CC(=O)c1cccc(NC(=O)c2ccncc2)c1.Cl. The van der Waals surface area contributed by atoms with Crippen LogP contribution in [0.3, 0.4) is 0 Å². The number of anilines is 1. The number of carbonyl (C=O) groups is 2. The smallest absolute Gasteiger partial charge is 0.255 e. The molecule has 5 heteroatoms. The van der Waals surface area contributed by atoms with E-state index in [0.717, 1.165) is 0 Å². The molecule has 0 saturated carbocycles. The normalized spacial score (nSPS) is 9.32. The summed E-state index contributed by atoms with van der Waals surface area (Å²) in [6, 6.07) is 10.1. The number of pyridine rings is 1. The third-order valence-corrected chi connectivity index (χ3v) is 2.47. The van der Waals surface area contributed by atoms with Gasteiger partial charge in [-0.1, -0.05) is 12.1 Å². The molecule has 0 aliphatic heterocycles. The highest BCUT2D eigenvalue weighted by Crippen LogP contribution is 2.12. The van der Waals surface area contributed by atoms with E-state index in [0.29, 0.717) is 16.8 Å². The second-order valence-electron chi connectivity index (χ2n) is 3.83. The largest absolute Gasteiger partial charge is 0.322 e. The minimum absolute atomic E-state index is 0. The number of halogens is 1. The van der Waals surface area contributed by atoms with Crippen LogP contribution in [0.5, 0.6) is 0 Å². The van der Waals surface area contributed by atoms with Crippen molar-refractivity contribution in [3.8, 4) is 0 Å². The van der Waals surface area contributed by atoms with E-state index >= 15 is 0 Å². The van der Waals surface area contributed by atoms with E-state index in [2.05, 4.69) is 10.3 Å². The maximum absolute atomic E-state index is 11.9. The zero-order valence-electron chi connectivity index (χ0n) is 10.3. The van der Waals surface area contributed by atoms with Crippen LogP contribution in [0.25, 0.3) is 0 Å². The first-order chi connectivity index (χ1) is 8.66. The van der Waals surface area contributed by atoms with E-state index in [1.807, 2.05) is 0 Å². The van der Waals surface area contributed by atoms with Gasteiger partial charge in [-0.3, -0.25) is 14.6 Å². The van der Waals surface area contributed by atoms with Gasteiger partial charge in [-0.15, -0.1) is 12.4 Å². The van der Waals surface area contributed by atoms with Gasteiger partial charge in [0.15, 0.2) is 5.78 Å². The number of nitrogens with zero attached hydrogens (tertiary/aromatic N) is 1. The molecule has 1 heterocycles. The average molecular weight is 277 g/mol. The Kier molecular flexibility index (Phi) is 5.21. The second kappa shape index (κ2) is 6.66. The summed E-state index contributed by atoms with van der Waals surface area (Å²) in [6.45, 7) is 1.49. The fourth-order valence-electron chi connectivity index (χ4n) is 1.52. The third-order valence-electron chi connectivity index (χ3n) is 2.47. The molecule has 0 saturated heterocycles. The number of amides is 1. The molecule has 2 rings (SSSR count). The molecule has 1 amide bonds. The van der Waals surface area contributed by atoms with Crippen LogP contribution in [-0.2, 0) is 0 Å². The van der Waals surface area contributed by atoms with E-state index in [4.69, 9.17) is 0 Å². The first kappa shape index (κ1) is 14.9. The van der Waals surface area contributed by atoms with Gasteiger partial charge in [0.2, 0.25) is 0 Å². The van der Waals surface area contributed by atoms with Gasteiger partial charge in [-0.2, -0.15) is 0 Å². The number of Topliss-reactive ketones (excluding diaryl/α,β-unsaturated/α-hetero) is 1. The average Bonchev–Trinajstić information content (AvgIpc) is 2.40. The molecule has 0 radical (unpaired) electrons. The summed E-state index contributed by atoms with van der Waals surface area (Å²) in [4.78, 5) is 27.0. The summed E-state index contributed by atoms with van der Waals surface area (Å²) in [5, 5.41) is 2.73. The van der Waals surface area contributed by atoms with Gasteiger partial charge in [0, 0.05) is 29.2 Å². The van der Waals surface area contributed by atoms with Crippen LogP contribution in [0.4, 0.5) is 5.69 Å². The maximum atomic E-state index is 11.9. The van der Waals surface area contributed by atoms with Crippen molar-refractivity contribution in [1.82, 2.24) is 4.98 Å². The number of carbonyl (C=O) groups excluding carboxylic acids is 2. The predicted molar refractivity (Wildman–Crippen MR) is 75.9 cm³/mol. The maximum Gasteiger partial charge on any atom is 0.255 e. The van der Waals surface area contributed by atoms with Crippen LogP contribution in [0.15, 0.2) is 48.8 Å². The van der Waals surface area contributed by atoms with E-state index < -0.39 is 0 Å². The van der Waals surface area contributed by atoms with Gasteiger partial charge in [-0.25, -0.2) is 0 Å². The molecule has 1 aromatic heterocycles. The lowest BCUT2D eigenvalue weighted by atomic mass is 10.1. The number of ketones is 1. The highest BCUT2D eigenvalue weighted by molar-refractivity contribution is 6.05. The summed E-state index contributed by atoms with van der Waals surface area (Å²) in [5.74, 6) is -0.256. The van der Waals surface area contributed by atoms with Crippen molar-refractivity contribution in [2.75, 3.05) is 5.32 Å². The molecule has 0 aliphatic rings. The lowest BCUT2D eigenvalue weighted by Gasteiger charge is -2.06. The van der Waals surface area contributed by atoms with Crippen molar-refractivity contribution >= 4 is 29.8 Å². The van der Waals surface area contributed by atoms with Crippen molar-refractivity contribution in [3.05, 3.63) is 59.9 Å². The molecule has 1 N–H and O–H groups in total. The second-order valence-corrected chi connectivity index (χ2v) is 3.83. The van der Waals surface area contributed by atoms with Crippen LogP contribution in [0.2, 0.25) is 0 Å². The molecule has 0 spiro atoms. The van der Waals surface area contributed by atoms with E-state index in [9.17, 15) is 9.59 Å². The van der Waals surface area contributed by atoms with E-state index in [-0.39, 0.29) is 24.1 Å². The number of hydrogen-bond donors (Lipinski definition) is 1. The van der Waals surface area contributed by atoms with Crippen molar-refractivity contribution < 1.29 is 9.59 Å². The summed E-state index contributed by atoms with van der Waals surface area (Å²) < 4.78 is 0. The van der Waals surface area contributed by atoms with Crippen molar-refractivity contribution in [3.63, 3.8) is 0 Å². The fourth-order valence-corrected chi connectivity index (χ4v) is 1.52. The Morgan fingerprint density at radius 1 is 1.05 bits per heavy atom. The first-order valence-corrected chi connectivity index (χ1v) is 5.49. The minimum atomic E-state index is -0.224. The molecule has 98 valence electrons. The third kappa shape index (κ3) is 3.89. The molecule has 19 heavy (non-hydrogen) atoms. The highest BCUT2D eigenvalue weighted by atomic mass is 35.5. The summed E-state index contributed by atoms with van der Waals surface area (Å²) in [7, 11) is 0. The van der Waals surface area contributed by atoms with Gasteiger partial charge in [-0.05, 0) is 31.2 Å². The highest BCUT2D eigenvalue weighted by Gasteiger charge is 2.06. The van der Waals surface area contributed by atoms with Crippen molar-refractivity contribution in [1.29, 1.82) is 0 Å². The van der Waals surface area contributed by atoms with Crippen molar-refractivity contribution in [2.45, 2.75) is 6.92 Å². The summed E-state index contributed by atoms with van der Waals surface area (Å²) >= 11 is 0. The predicted octanol–water partition coefficient (Wildman–Crippen LogP) is 2.96. The molecular formula is C14H13ClN2O2. The number of hydrogen-bond acceptors (Lipinski definition) is 3. The van der Waals surface area contributed by atoms with Crippen LogP contribution < -0.4 is 5.32 Å². The number of nitrogens with one attached hydrogen (secondary N) is 1. The van der Waals surface area contributed by atoms with Gasteiger partial charge in [0.05, 0.1) is 0 Å². The molecule has 0 aliphatic carbocycles. The molecule has 0 unspecified atom stereocenters. The number of benzene rings is 1. The Balaban J connectivity index is 0.00000180.